The molecule has 0 amide bonds. The van der Waals surface area contributed by atoms with E-state index in [2.05, 4.69) is 23.5 Å². The van der Waals surface area contributed by atoms with E-state index in [4.69, 9.17) is 0 Å². The summed E-state index contributed by atoms with van der Waals surface area (Å²) in [6.45, 7) is 0. The van der Waals surface area contributed by atoms with Crippen LogP contribution in [0, 0.1) is 0 Å². The highest BCUT2D eigenvalue weighted by molar-refractivity contribution is 8.22. The predicted octanol–water partition coefficient (Wildman–Crippen LogP) is 4.81. The minimum absolute atomic E-state index is 1.37. The lowest BCUT2D eigenvalue weighted by Crippen LogP contribution is -1.98. The predicted molar refractivity (Wildman–Crippen MR) is 68.9 cm³/mol. The Morgan fingerprint density at radius 3 is 1.86 bits per heavy atom. The summed E-state index contributed by atoms with van der Waals surface area (Å²) in [6, 6.07) is 0. The number of hydrogen-bond donors (Lipinski definition) is 0. The monoisotopic (exact) mass is 228 g/mol. The Morgan fingerprint density at radius 2 is 1.21 bits per heavy atom. The Kier molecular flexibility index (Phi) is 4.78. The highest BCUT2D eigenvalue weighted by Crippen LogP contribution is 2.40. The van der Waals surface area contributed by atoms with Crippen LogP contribution < -0.4 is 0 Å². The molecule has 1 aliphatic heterocycles. The van der Waals surface area contributed by atoms with Gasteiger partial charge in [-0.1, -0.05) is 24.8 Å². The van der Waals surface area contributed by atoms with Crippen molar-refractivity contribution in [1.29, 1.82) is 0 Å². The van der Waals surface area contributed by atoms with Crippen molar-refractivity contribution in [1.82, 2.24) is 0 Å². The van der Waals surface area contributed by atoms with Gasteiger partial charge in [-0.25, -0.2) is 0 Å². The lowest BCUT2D eigenvalue weighted by molar-refractivity contribution is 0.569. The van der Waals surface area contributed by atoms with Crippen LogP contribution in [-0.2, 0) is 0 Å². The van der Waals surface area contributed by atoms with Crippen molar-refractivity contribution in [2.45, 2.75) is 51.4 Å². The molecule has 0 spiro atoms. The molecule has 2 fully saturated rings. The molecule has 14 heavy (non-hydrogen) atoms. The Balaban J connectivity index is 1.96. The molecule has 1 saturated heterocycles. The first kappa shape index (κ1) is 10.9. The largest absolute Gasteiger partial charge is 0.119 e. The van der Waals surface area contributed by atoms with Crippen LogP contribution in [0.2, 0.25) is 0 Å². The van der Waals surface area contributed by atoms with Gasteiger partial charge in [0.05, 0.1) is 0 Å². The van der Waals surface area contributed by atoms with Gasteiger partial charge in [0.1, 0.15) is 0 Å². The zero-order valence-electron chi connectivity index (χ0n) is 8.89. The van der Waals surface area contributed by atoms with Gasteiger partial charge in [-0.3, -0.25) is 0 Å². The molecule has 0 N–H and O–H groups in total. The standard InChI is InChI=1S/C12H20S2/c1-2-4-7-11(8-5-3-1)12-13-9-6-10-14-12/h1-10H2. The van der Waals surface area contributed by atoms with E-state index in [1.807, 2.05) is 0 Å². The summed E-state index contributed by atoms with van der Waals surface area (Å²) < 4.78 is 1.71. The average molecular weight is 228 g/mol. The second-order valence-electron chi connectivity index (χ2n) is 4.21. The second-order valence-corrected chi connectivity index (χ2v) is 6.68. The fraction of sp³-hybridized carbons (Fsp3) is 0.833. The van der Waals surface area contributed by atoms with Gasteiger partial charge in [0.15, 0.2) is 0 Å². The van der Waals surface area contributed by atoms with Crippen LogP contribution in [0.15, 0.2) is 9.81 Å². The van der Waals surface area contributed by atoms with E-state index in [0.29, 0.717) is 0 Å². The van der Waals surface area contributed by atoms with Crippen LogP contribution >= 0.6 is 23.5 Å². The van der Waals surface area contributed by atoms with Gasteiger partial charge in [-0.2, -0.15) is 0 Å². The molecule has 1 heterocycles. The summed E-state index contributed by atoms with van der Waals surface area (Å²) in [5.41, 5.74) is 1.81. The van der Waals surface area contributed by atoms with Gasteiger partial charge in [-0.05, 0) is 43.6 Å². The van der Waals surface area contributed by atoms with E-state index in [0.717, 1.165) is 0 Å². The first-order chi connectivity index (χ1) is 6.97. The maximum absolute atomic E-state index is 2.13. The Hall–Kier alpha value is 0.440. The van der Waals surface area contributed by atoms with Crippen molar-refractivity contribution in [3.05, 3.63) is 9.81 Å². The SMILES string of the molecule is C1CCCC(=C2SCCCS2)CCC1. The summed E-state index contributed by atoms with van der Waals surface area (Å²) in [7, 11) is 0. The second kappa shape index (κ2) is 6.12. The third-order valence-electron chi connectivity index (χ3n) is 3.00. The van der Waals surface area contributed by atoms with Crippen molar-refractivity contribution in [2.24, 2.45) is 0 Å². The highest BCUT2D eigenvalue weighted by atomic mass is 32.2. The molecule has 0 aromatic heterocycles. The van der Waals surface area contributed by atoms with Crippen LogP contribution in [0.4, 0.5) is 0 Å². The molecule has 2 rings (SSSR count). The molecule has 2 heteroatoms. The normalized spacial score (nSPS) is 25.7. The van der Waals surface area contributed by atoms with Gasteiger partial charge >= 0.3 is 0 Å². The van der Waals surface area contributed by atoms with E-state index < -0.39 is 0 Å². The van der Waals surface area contributed by atoms with Crippen molar-refractivity contribution < 1.29 is 0 Å². The third kappa shape index (κ3) is 3.23. The zero-order chi connectivity index (χ0) is 9.64. The maximum Gasteiger partial charge on any atom is 0.0392 e. The van der Waals surface area contributed by atoms with Crippen molar-refractivity contribution in [3.63, 3.8) is 0 Å². The summed E-state index contributed by atoms with van der Waals surface area (Å²) in [5, 5.41) is 0. The number of allylic oxidation sites excluding steroid dienone is 1. The zero-order valence-corrected chi connectivity index (χ0v) is 10.5. The van der Waals surface area contributed by atoms with Crippen molar-refractivity contribution in [2.75, 3.05) is 11.5 Å². The van der Waals surface area contributed by atoms with Crippen molar-refractivity contribution in [3.8, 4) is 0 Å². The third-order valence-corrected chi connectivity index (χ3v) is 5.80. The lowest BCUT2D eigenvalue weighted by atomic mass is 9.97. The summed E-state index contributed by atoms with van der Waals surface area (Å²) in [4.78, 5) is 0. The minimum Gasteiger partial charge on any atom is -0.119 e. The summed E-state index contributed by atoms with van der Waals surface area (Å²) >= 11 is 4.26. The topological polar surface area (TPSA) is 0 Å². The number of hydrogen-bond acceptors (Lipinski definition) is 2. The van der Waals surface area contributed by atoms with Crippen LogP contribution in [0.3, 0.4) is 0 Å². The lowest BCUT2D eigenvalue weighted by Gasteiger charge is -2.20. The molecule has 1 saturated carbocycles. The fourth-order valence-electron chi connectivity index (χ4n) is 2.17. The molecule has 0 atom stereocenters. The van der Waals surface area contributed by atoms with Crippen molar-refractivity contribution >= 4 is 23.5 Å². The quantitative estimate of drug-likeness (QED) is 0.583. The van der Waals surface area contributed by atoms with Gasteiger partial charge < -0.3 is 0 Å². The first-order valence-corrected chi connectivity index (χ1v) is 7.91. The minimum atomic E-state index is 1.37. The molecule has 0 bridgehead atoms. The molecule has 0 aromatic rings. The molecule has 1 aliphatic carbocycles. The van der Waals surface area contributed by atoms with Crippen LogP contribution in [0.5, 0.6) is 0 Å². The van der Waals surface area contributed by atoms with Gasteiger partial charge in [-0.15, -0.1) is 23.5 Å². The smallest absolute Gasteiger partial charge is 0.0392 e. The summed E-state index contributed by atoms with van der Waals surface area (Å²) in [5.74, 6) is 2.73. The molecule has 0 nitrogen and oxygen atoms in total. The first-order valence-electron chi connectivity index (χ1n) is 5.94. The van der Waals surface area contributed by atoms with Gasteiger partial charge in [0, 0.05) is 4.24 Å². The molecule has 0 radical (unpaired) electrons. The molecule has 80 valence electrons. The fourth-order valence-corrected chi connectivity index (χ4v) is 4.95. The molecule has 2 aliphatic rings. The molecular weight excluding hydrogens is 208 g/mol. The van der Waals surface area contributed by atoms with Gasteiger partial charge in [0.2, 0.25) is 0 Å². The van der Waals surface area contributed by atoms with Crippen LogP contribution in [-0.4, -0.2) is 11.5 Å². The average Bonchev–Trinajstić information content (AvgIpc) is 2.18. The highest BCUT2D eigenvalue weighted by Gasteiger charge is 2.13. The molecule has 0 unspecified atom stereocenters. The Bertz CT molecular complexity index is 190. The number of rotatable bonds is 0. The van der Waals surface area contributed by atoms with E-state index in [-0.39, 0.29) is 0 Å². The van der Waals surface area contributed by atoms with E-state index >= 15 is 0 Å². The van der Waals surface area contributed by atoms with E-state index in [1.54, 1.807) is 9.81 Å². The Labute approximate surface area is 96.3 Å². The van der Waals surface area contributed by atoms with Crippen LogP contribution in [0.25, 0.3) is 0 Å². The Morgan fingerprint density at radius 1 is 0.643 bits per heavy atom. The van der Waals surface area contributed by atoms with E-state index in [9.17, 15) is 0 Å². The maximum atomic E-state index is 2.13. The van der Waals surface area contributed by atoms with E-state index in [1.165, 1.54) is 62.9 Å². The molecular formula is C12H20S2. The van der Waals surface area contributed by atoms with Crippen LogP contribution in [0.1, 0.15) is 51.4 Å². The number of thioether (sulfide) groups is 2. The van der Waals surface area contributed by atoms with Gasteiger partial charge in [0.25, 0.3) is 0 Å². The molecule has 0 aromatic carbocycles. The summed E-state index contributed by atoms with van der Waals surface area (Å²) in [6.07, 6.45) is 11.5.